The first-order valence-electron chi connectivity index (χ1n) is 10.8. The lowest BCUT2D eigenvalue weighted by molar-refractivity contribution is -0.116. The van der Waals surface area contributed by atoms with Gasteiger partial charge in [0.2, 0.25) is 5.91 Å². The van der Waals surface area contributed by atoms with E-state index in [9.17, 15) is 13.2 Å². The van der Waals surface area contributed by atoms with E-state index in [4.69, 9.17) is 4.74 Å². The van der Waals surface area contributed by atoms with Crippen molar-refractivity contribution in [3.05, 3.63) is 65.7 Å². The van der Waals surface area contributed by atoms with Crippen molar-refractivity contribution < 1.29 is 17.9 Å². The smallest absolute Gasteiger partial charge is 0.263 e. The normalized spacial score (nSPS) is 11.7. The van der Waals surface area contributed by atoms with Gasteiger partial charge >= 0.3 is 0 Å². The summed E-state index contributed by atoms with van der Waals surface area (Å²) in [6.07, 6.45) is 3.45. The van der Waals surface area contributed by atoms with Crippen LogP contribution < -0.4 is 14.8 Å². The highest BCUT2D eigenvalue weighted by atomic mass is 32.2. The zero-order chi connectivity index (χ0) is 23.9. The number of nitrogens with zero attached hydrogens (tertiary/aromatic N) is 1. The summed E-state index contributed by atoms with van der Waals surface area (Å²) in [5, 5.41) is 4.76. The minimum Gasteiger partial charge on any atom is -0.494 e. The largest absolute Gasteiger partial charge is 0.494 e. The lowest BCUT2D eigenvalue weighted by Gasteiger charge is -2.23. The third-order valence-corrected chi connectivity index (χ3v) is 7.61. The van der Waals surface area contributed by atoms with Crippen LogP contribution in [0.25, 0.3) is 0 Å². The van der Waals surface area contributed by atoms with Gasteiger partial charge in [0.25, 0.3) is 10.0 Å². The minimum absolute atomic E-state index is 0.0949. The third kappa shape index (κ3) is 7.03. The maximum Gasteiger partial charge on any atom is 0.263 e. The topological polar surface area (TPSA) is 97.4 Å². The number of nitrogens with one attached hydrogen (secondary N) is 2. The second-order valence-electron chi connectivity index (χ2n) is 8.23. The molecule has 0 saturated carbocycles. The van der Waals surface area contributed by atoms with Gasteiger partial charge in [-0.15, -0.1) is 11.3 Å². The van der Waals surface area contributed by atoms with E-state index in [0.717, 1.165) is 12.2 Å². The molecule has 1 aromatic heterocycles. The van der Waals surface area contributed by atoms with Gasteiger partial charge in [0.1, 0.15) is 5.75 Å². The van der Waals surface area contributed by atoms with E-state index in [0.29, 0.717) is 30.3 Å². The zero-order valence-electron chi connectivity index (χ0n) is 19.0. The number of carbonyl (C=O) groups is 1. The molecule has 2 N–H and O–H groups in total. The lowest BCUT2D eigenvalue weighted by Crippen LogP contribution is -2.15. The molecule has 3 rings (SSSR count). The summed E-state index contributed by atoms with van der Waals surface area (Å²) in [6, 6.07) is 14.1. The molecule has 0 unspecified atom stereocenters. The first-order chi connectivity index (χ1) is 15.7. The van der Waals surface area contributed by atoms with Crippen LogP contribution in [-0.4, -0.2) is 25.9 Å². The van der Waals surface area contributed by atoms with Crippen molar-refractivity contribution in [2.24, 2.45) is 0 Å². The van der Waals surface area contributed by atoms with Crippen LogP contribution in [-0.2, 0) is 20.2 Å². The molecule has 176 valence electrons. The lowest BCUT2D eigenvalue weighted by atomic mass is 9.82. The Hall–Kier alpha value is -2.91. The third-order valence-electron chi connectivity index (χ3n) is 5.44. The van der Waals surface area contributed by atoms with Crippen LogP contribution in [0.3, 0.4) is 0 Å². The summed E-state index contributed by atoms with van der Waals surface area (Å²) in [6.45, 7) is 7.04. The van der Waals surface area contributed by atoms with E-state index < -0.39 is 10.0 Å². The van der Waals surface area contributed by atoms with Gasteiger partial charge in [0, 0.05) is 23.7 Å². The van der Waals surface area contributed by atoms with E-state index >= 15 is 0 Å². The summed E-state index contributed by atoms with van der Waals surface area (Å²) >= 11 is 1.20. The molecule has 3 aromatic rings. The Morgan fingerprint density at radius 1 is 1.09 bits per heavy atom. The fraction of sp³-hybridized carbons (Fsp3) is 0.333. The molecule has 7 nitrogen and oxygen atoms in total. The predicted octanol–water partition coefficient (Wildman–Crippen LogP) is 5.43. The van der Waals surface area contributed by atoms with Crippen molar-refractivity contribution >= 4 is 38.1 Å². The van der Waals surface area contributed by atoms with Gasteiger partial charge in [-0.25, -0.2) is 13.4 Å². The standard InChI is InChI=1S/C24H29N3O4S2/c1-4-24(2,3)18-7-11-20(12-8-18)31-16-5-6-22(28)26-19-9-13-21(14-10-19)33(29,30)27-23-25-15-17-32-23/h7-15,17H,4-6,16H2,1-3H3,(H,25,27)(H,26,28). The predicted molar refractivity (Wildman–Crippen MR) is 132 cm³/mol. The maximum absolute atomic E-state index is 12.4. The number of rotatable bonds is 11. The van der Waals surface area contributed by atoms with Crippen molar-refractivity contribution in [2.75, 3.05) is 16.6 Å². The number of anilines is 2. The van der Waals surface area contributed by atoms with Gasteiger partial charge in [-0.3, -0.25) is 9.52 Å². The molecule has 0 fully saturated rings. The summed E-state index contributed by atoms with van der Waals surface area (Å²) in [5.74, 6) is 0.629. The van der Waals surface area contributed by atoms with E-state index in [1.54, 1.807) is 17.5 Å². The van der Waals surface area contributed by atoms with Crippen molar-refractivity contribution in [2.45, 2.75) is 50.3 Å². The van der Waals surface area contributed by atoms with Crippen LogP contribution in [0.1, 0.15) is 45.6 Å². The second kappa shape index (κ2) is 10.8. The fourth-order valence-corrected chi connectivity index (χ4v) is 4.81. The Bertz CT molecular complexity index is 1140. The molecule has 1 amide bonds. The number of thiazole rings is 1. The monoisotopic (exact) mass is 487 g/mol. The molecule has 0 spiro atoms. The number of hydrogen-bond donors (Lipinski definition) is 2. The molecule has 33 heavy (non-hydrogen) atoms. The Morgan fingerprint density at radius 2 is 1.79 bits per heavy atom. The Kier molecular flexibility index (Phi) is 8.10. The molecule has 0 atom stereocenters. The van der Waals surface area contributed by atoms with Crippen molar-refractivity contribution in [3.8, 4) is 5.75 Å². The molecule has 0 saturated heterocycles. The number of ether oxygens (including phenoxy) is 1. The highest BCUT2D eigenvalue weighted by molar-refractivity contribution is 7.93. The number of hydrogen-bond acceptors (Lipinski definition) is 6. The van der Waals surface area contributed by atoms with Crippen LogP contribution >= 0.6 is 11.3 Å². The number of sulfonamides is 1. The molecule has 0 aliphatic carbocycles. The summed E-state index contributed by atoms with van der Waals surface area (Å²) < 4.78 is 32.9. The highest BCUT2D eigenvalue weighted by Crippen LogP contribution is 2.28. The zero-order valence-corrected chi connectivity index (χ0v) is 20.6. The molecule has 0 aliphatic rings. The van der Waals surface area contributed by atoms with E-state index in [2.05, 4.69) is 47.9 Å². The summed E-state index contributed by atoms with van der Waals surface area (Å²) in [4.78, 5) is 16.2. The Labute approximate surface area is 199 Å². The average molecular weight is 488 g/mol. The Morgan fingerprint density at radius 3 is 2.39 bits per heavy atom. The SMILES string of the molecule is CCC(C)(C)c1ccc(OCCCC(=O)Nc2ccc(S(=O)(=O)Nc3nccs3)cc2)cc1. The summed E-state index contributed by atoms with van der Waals surface area (Å²) in [5.41, 5.74) is 1.94. The van der Waals surface area contributed by atoms with Gasteiger partial charge in [0.05, 0.1) is 11.5 Å². The molecule has 1 heterocycles. The average Bonchev–Trinajstić information content (AvgIpc) is 3.30. The van der Waals surface area contributed by atoms with Gasteiger partial charge in [-0.05, 0) is 60.2 Å². The second-order valence-corrected chi connectivity index (χ2v) is 10.8. The molecular formula is C24H29N3O4S2. The molecular weight excluding hydrogens is 458 g/mol. The molecule has 9 heteroatoms. The first-order valence-corrected chi connectivity index (χ1v) is 13.1. The van der Waals surface area contributed by atoms with Gasteiger partial charge in [-0.1, -0.05) is 32.9 Å². The fourth-order valence-electron chi connectivity index (χ4n) is 3.02. The van der Waals surface area contributed by atoms with E-state index in [1.807, 2.05) is 12.1 Å². The van der Waals surface area contributed by atoms with E-state index in [-0.39, 0.29) is 16.2 Å². The van der Waals surface area contributed by atoms with Gasteiger partial charge in [-0.2, -0.15) is 0 Å². The van der Waals surface area contributed by atoms with Crippen LogP contribution in [0, 0.1) is 0 Å². The van der Waals surface area contributed by atoms with Crippen molar-refractivity contribution in [3.63, 3.8) is 0 Å². The van der Waals surface area contributed by atoms with Gasteiger partial charge in [0.15, 0.2) is 5.13 Å². The number of carbonyl (C=O) groups excluding carboxylic acids is 1. The number of amides is 1. The van der Waals surface area contributed by atoms with Crippen LogP contribution in [0.2, 0.25) is 0 Å². The van der Waals surface area contributed by atoms with Crippen LogP contribution in [0.4, 0.5) is 10.8 Å². The highest BCUT2D eigenvalue weighted by Gasteiger charge is 2.18. The van der Waals surface area contributed by atoms with Crippen molar-refractivity contribution in [1.29, 1.82) is 0 Å². The van der Waals surface area contributed by atoms with E-state index in [1.165, 1.54) is 35.2 Å². The number of aromatic nitrogens is 1. The van der Waals surface area contributed by atoms with Crippen molar-refractivity contribution in [1.82, 2.24) is 4.98 Å². The quantitative estimate of drug-likeness (QED) is 0.352. The molecule has 0 aliphatic heterocycles. The van der Waals surface area contributed by atoms with Gasteiger partial charge < -0.3 is 10.1 Å². The molecule has 0 bridgehead atoms. The van der Waals surface area contributed by atoms with Crippen LogP contribution in [0.15, 0.2) is 65.0 Å². The maximum atomic E-state index is 12.4. The summed E-state index contributed by atoms with van der Waals surface area (Å²) in [7, 11) is -3.72. The molecule has 2 aromatic carbocycles. The minimum atomic E-state index is -3.72. The molecule has 0 radical (unpaired) electrons. The Balaban J connectivity index is 1.43. The number of benzene rings is 2. The first kappa shape index (κ1) is 24.7. The van der Waals surface area contributed by atoms with Crippen LogP contribution in [0.5, 0.6) is 5.75 Å².